The van der Waals surface area contributed by atoms with Crippen LogP contribution >= 0.6 is 0 Å². The van der Waals surface area contributed by atoms with Gasteiger partial charge in [-0.2, -0.15) is 0 Å². The molecular weight excluding hydrogens is 386 g/mol. The maximum absolute atomic E-state index is 15.0. The highest BCUT2D eigenvalue weighted by molar-refractivity contribution is 5.82. The second-order valence-corrected chi connectivity index (χ2v) is 8.52. The molecule has 2 fully saturated rings. The first-order chi connectivity index (χ1) is 14.4. The Morgan fingerprint density at radius 2 is 1.87 bits per heavy atom. The highest BCUT2D eigenvalue weighted by atomic mass is 19.1. The van der Waals surface area contributed by atoms with Gasteiger partial charge in [0.05, 0.1) is 6.04 Å². The molecule has 30 heavy (non-hydrogen) atoms. The molecule has 4 nitrogen and oxygen atoms in total. The van der Waals surface area contributed by atoms with Crippen LogP contribution < -0.4 is 0 Å². The number of aromatic hydroxyl groups is 1. The smallest absolute Gasteiger partial charge is 0.240 e. The molecule has 0 spiro atoms. The van der Waals surface area contributed by atoms with Crippen LogP contribution in [0.25, 0.3) is 0 Å². The van der Waals surface area contributed by atoms with E-state index in [4.69, 9.17) is 0 Å². The average molecular weight is 414 g/mol. The molecule has 2 aliphatic heterocycles. The van der Waals surface area contributed by atoms with Crippen molar-refractivity contribution in [3.63, 3.8) is 0 Å². The number of benzene rings is 2. The highest BCUT2D eigenvalue weighted by Gasteiger charge is 2.39. The van der Waals surface area contributed by atoms with E-state index in [2.05, 4.69) is 0 Å². The van der Waals surface area contributed by atoms with Crippen LogP contribution in [0.4, 0.5) is 8.78 Å². The van der Waals surface area contributed by atoms with Crippen LogP contribution in [0, 0.1) is 12.7 Å². The van der Waals surface area contributed by atoms with Crippen molar-refractivity contribution in [2.75, 3.05) is 19.6 Å². The number of aryl methyl sites for hydroxylation is 1. The van der Waals surface area contributed by atoms with Gasteiger partial charge in [0.2, 0.25) is 5.91 Å². The Bertz CT molecular complexity index is 903. The van der Waals surface area contributed by atoms with Gasteiger partial charge in [-0.15, -0.1) is 0 Å². The fraction of sp³-hybridized carbons (Fsp3) is 0.458. The zero-order valence-corrected chi connectivity index (χ0v) is 17.2. The first kappa shape index (κ1) is 20.8. The molecule has 2 aromatic rings. The molecule has 0 radical (unpaired) electrons. The summed E-state index contributed by atoms with van der Waals surface area (Å²) in [6, 6.07) is 12.0. The predicted octanol–water partition coefficient (Wildman–Crippen LogP) is 4.16. The molecule has 1 N–H and O–H groups in total. The first-order valence-electron chi connectivity index (χ1n) is 10.6. The van der Waals surface area contributed by atoms with Crippen LogP contribution in [0.2, 0.25) is 0 Å². The highest BCUT2D eigenvalue weighted by Crippen LogP contribution is 2.34. The average Bonchev–Trinajstić information content (AvgIpc) is 2.73. The minimum absolute atomic E-state index is 0.0724. The van der Waals surface area contributed by atoms with Gasteiger partial charge in [-0.25, -0.2) is 8.78 Å². The molecule has 4 rings (SSSR count). The summed E-state index contributed by atoms with van der Waals surface area (Å²) in [7, 11) is 0. The number of phenolic OH excluding ortho intramolecular Hbond substituents is 1. The van der Waals surface area contributed by atoms with E-state index in [0.717, 1.165) is 24.9 Å². The molecule has 1 amide bonds. The molecule has 2 saturated heterocycles. The third-order valence-corrected chi connectivity index (χ3v) is 6.41. The molecule has 0 bridgehead atoms. The normalized spacial score (nSPS) is 25.5. The number of halogens is 2. The van der Waals surface area contributed by atoms with Gasteiger partial charge in [-0.05, 0) is 56.0 Å². The fourth-order valence-electron chi connectivity index (χ4n) is 4.67. The van der Waals surface area contributed by atoms with Crippen molar-refractivity contribution in [1.29, 1.82) is 0 Å². The first-order valence-corrected chi connectivity index (χ1v) is 10.6. The van der Waals surface area contributed by atoms with Crippen LogP contribution in [0.1, 0.15) is 41.9 Å². The standard InChI is InChI=1S/C24H28F2N2O2/c1-16-4-6-17(7-5-16)14-28-11-2-3-22(24(28)30)27-12-10-19(21(26)15-27)18-8-9-23(29)20(25)13-18/h4-9,13,19,21-22,29H,2-3,10-12,14-15H2,1H3. The van der Waals surface area contributed by atoms with E-state index >= 15 is 4.39 Å². The van der Waals surface area contributed by atoms with Crippen molar-refractivity contribution >= 4 is 5.91 Å². The lowest BCUT2D eigenvalue weighted by Gasteiger charge is -2.42. The fourth-order valence-corrected chi connectivity index (χ4v) is 4.67. The number of rotatable bonds is 4. The number of piperidine rings is 2. The number of likely N-dealkylation sites (tertiary alicyclic amines) is 2. The van der Waals surface area contributed by atoms with E-state index in [1.165, 1.54) is 17.7 Å². The maximum atomic E-state index is 15.0. The van der Waals surface area contributed by atoms with Crippen molar-refractivity contribution in [3.05, 3.63) is 65.0 Å². The monoisotopic (exact) mass is 414 g/mol. The zero-order chi connectivity index (χ0) is 21.3. The van der Waals surface area contributed by atoms with E-state index in [-0.39, 0.29) is 18.5 Å². The molecule has 0 saturated carbocycles. The third kappa shape index (κ3) is 4.33. The molecule has 3 unspecified atom stereocenters. The Balaban J connectivity index is 1.41. The lowest BCUT2D eigenvalue weighted by atomic mass is 9.86. The van der Waals surface area contributed by atoms with Crippen molar-refractivity contribution in [2.45, 2.75) is 50.9 Å². The Labute approximate surface area is 176 Å². The van der Waals surface area contributed by atoms with Crippen LogP contribution in [-0.2, 0) is 11.3 Å². The third-order valence-electron chi connectivity index (χ3n) is 6.41. The molecule has 2 heterocycles. The number of phenols is 1. The second-order valence-electron chi connectivity index (χ2n) is 8.52. The van der Waals surface area contributed by atoms with E-state index < -0.39 is 23.7 Å². The summed E-state index contributed by atoms with van der Waals surface area (Å²) in [5.41, 5.74) is 2.85. The lowest BCUT2D eigenvalue weighted by molar-refractivity contribution is -0.142. The number of amides is 1. The van der Waals surface area contributed by atoms with Gasteiger partial charge in [0.15, 0.2) is 11.6 Å². The Morgan fingerprint density at radius 1 is 1.10 bits per heavy atom. The number of carbonyl (C=O) groups is 1. The number of hydrogen-bond donors (Lipinski definition) is 1. The van der Waals surface area contributed by atoms with E-state index in [0.29, 0.717) is 25.1 Å². The predicted molar refractivity (Wildman–Crippen MR) is 112 cm³/mol. The maximum Gasteiger partial charge on any atom is 0.240 e. The number of carbonyl (C=O) groups excluding carboxylic acids is 1. The van der Waals surface area contributed by atoms with Crippen molar-refractivity contribution in [2.24, 2.45) is 0 Å². The Hall–Kier alpha value is -2.47. The molecule has 0 aliphatic carbocycles. The van der Waals surface area contributed by atoms with Gasteiger partial charge in [-0.1, -0.05) is 35.9 Å². The number of nitrogens with zero attached hydrogens (tertiary/aromatic N) is 2. The van der Waals surface area contributed by atoms with Gasteiger partial charge < -0.3 is 10.0 Å². The molecule has 160 valence electrons. The van der Waals surface area contributed by atoms with Gasteiger partial charge in [0.25, 0.3) is 0 Å². The number of hydrogen-bond acceptors (Lipinski definition) is 3. The molecule has 0 aromatic heterocycles. The summed E-state index contributed by atoms with van der Waals surface area (Å²) in [5.74, 6) is -1.49. The van der Waals surface area contributed by atoms with Gasteiger partial charge >= 0.3 is 0 Å². The minimum atomic E-state index is -1.18. The van der Waals surface area contributed by atoms with Crippen LogP contribution in [0.5, 0.6) is 5.75 Å². The Kier molecular flexibility index (Phi) is 6.04. The minimum Gasteiger partial charge on any atom is -0.505 e. The summed E-state index contributed by atoms with van der Waals surface area (Å²) < 4.78 is 28.7. The lowest BCUT2D eigenvalue weighted by Crippen LogP contribution is -2.55. The van der Waals surface area contributed by atoms with Gasteiger partial charge in [-0.3, -0.25) is 9.69 Å². The van der Waals surface area contributed by atoms with Gasteiger partial charge in [0.1, 0.15) is 6.17 Å². The van der Waals surface area contributed by atoms with E-state index in [1.54, 1.807) is 6.07 Å². The van der Waals surface area contributed by atoms with Crippen LogP contribution in [0.15, 0.2) is 42.5 Å². The van der Waals surface area contributed by atoms with Crippen LogP contribution in [-0.4, -0.2) is 52.7 Å². The summed E-state index contributed by atoms with van der Waals surface area (Å²) in [6.45, 7) is 4.11. The second kappa shape index (κ2) is 8.72. The SMILES string of the molecule is Cc1ccc(CN2CCCC(N3CCC(c4ccc(O)c(F)c4)C(F)C3)C2=O)cc1. The van der Waals surface area contributed by atoms with Gasteiger partial charge in [0, 0.05) is 25.6 Å². The van der Waals surface area contributed by atoms with Crippen LogP contribution in [0.3, 0.4) is 0 Å². The zero-order valence-electron chi connectivity index (χ0n) is 17.2. The summed E-state index contributed by atoms with van der Waals surface area (Å²) in [4.78, 5) is 17.0. The Morgan fingerprint density at radius 3 is 2.57 bits per heavy atom. The topological polar surface area (TPSA) is 43.8 Å². The molecule has 6 heteroatoms. The molecule has 3 atom stereocenters. The molecule has 2 aliphatic rings. The van der Waals surface area contributed by atoms with E-state index in [9.17, 15) is 14.3 Å². The van der Waals surface area contributed by atoms with Crippen molar-refractivity contribution < 1.29 is 18.7 Å². The summed E-state index contributed by atoms with van der Waals surface area (Å²) in [5, 5.41) is 9.37. The largest absolute Gasteiger partial charge is 0.505 e. The summed E-state index contributed by atoms with van der Waals surface area (Å²) in [6.07, 6.45) is 0.993. The number of alkyl halides is 1. The van der Waals surface area contributed by atoms with E-state index in [1.807, 2.05) is 41.0 Å². The quantitative estimate of drug-likeness (QED) is 0.817. The molecular formula is C24H28F2N2O2. The van der Waals surface area contributed by atoms with Crippen molar-refractivity contribution in [3.8, 4) is 5.75 Å². The summed E-state index contributed by atoms with van der Waals surface area (Å²) >= 11 is 0. The van der Waals surface area contributed by atoms with Crippen molar-refractivity contribution in [1.82, 2.24) is 9.80 Å². The molecule has 2 aromatic carbocycles.